The van der Waals surface area contributed by atoms with Gasteiger partial charge in [0.25, 0.3) is 0 Å². The van der Waals surface area contributed by atoms with Crippen LogP contribution in [-0.2, 0) is 11.3 Å². The molecule has 1 fully saturated rings. The van der Waals surface area contributed by atoms with Gasteiger partial charge < -0.3 is 15.4 Å². The monoisotopic (exact) mass is 570 g/mol. The summed E-state index contributed by atoms with van der Waals surface area (Å²) < 4.78 is 72.9. The van der Waals surface area contributed by atoms with Crippen LogP contribution in [0.2, 0.25) is 0 Å². The van der Waals surface area contributed by atoms with E-state index >= 15 is 8.78 Å². The lowest BCUT2D eigenvalue weighted by Crippen LogP contribution is -2.38. The molecular weight excluding hydrogens is 545 g/mol. The van der Waals surface area contributed by atoms with Gasteiger partial charge in [0, 0.05) is 30.5 Å². The van der Waals surface area contributed by atoms with Crippen LogP contribution in [0.3, 0.4) is 0 Å². The first-order valence-corrected chi connectivity index (χ1v) is 13.5. The van der Waals surface area contributed by atoms with Gasteiger partial charge in [-0.3, -0.25) is 4.55 Å². The minimum atomic E-state index is -2.58. The Kier molecular flexibility index (Phi) is 8.65. The van der Waals surface area contributed by atoms with Crippen molar-refractivity contribution in [3.05, 3.63) is 95.6 Å². The topological polar surface area (TPSA) is 121 Å². The van der Waals surface area contributed by atoms with E-state index in [1.54, 1.807) is 24.4 Å². The Balaban J connectivity index is 1.43. The fraction of sp³-hybridized carbons (Fsp3) is 0.222. The number of halogens is 3. The van der Waals surface area contributed by atoms with Crippen molar-refractivity contribution in [2.45, 2.75) is 24.9 Å². The van der Waals surface area contributed by atoms with Gasteiger partial charge in [0.2, 0.25) is 28.9 Å². The molecule has 1 saturated heterocycles. The SMILES string of the molecule is O=S(O)N[C@@H](c1ccc(F)cc1)c1ccc(Oc2ncccc2-c2ccnc(N[C@H]3CCCNC3)n2)c(F)c1F. The van der Waals surface area contributed by atoms with Gasteiger partial charge in [0.15, 0.2) is 11.6 Å². The number of benzene rings is 2. The molecular formula is C27H25F3N6O3S. The summed E-state index contributed by atoms with van der Waals surface area (Å²) in [5.74, 6) is -3.24. The van der Waals surface area contributed by atoms with Crippen LogP contribution in [0.15, 0.2) is 67.0 Å². The maximum Gasteiger partial charge on any atom is 0.232 e. The second-order valence-corrected chi connectivity index (χ2v) is 9.78. The Labute approximate surface area is 230 Å². The molecule has 3 atom stereocenters. The highest BCUT2D eigenvalue weighted by atomic mass is 32.2. The summed E-state index contributed by atoms with van der Waals surface area (Å²) in [6.07, 6.45) is 5.05. The fourth-order valence-corrected chi connectivity index (χ4v) is 4.89. The molecule has 4 aromatic rings. The molecule has 5 rings (SSSR count). The van der Waals surface area contributed by atoms with Crippen LogP contribution in [0.4, 0.5) is 19.1 Å². The Bertz CT molecular complexity index is 1510. The summed E-state index contributed by atoms with van der Waals surface area (Å²) in [5.41, 5.74) is 0.872. The van der Waals surface area contributed by atoms with Gasteiger partial charge in [-0.2, -0.15) is 4.39 Å². The molecule has 2 aromatic heterocycles. The van der Waals surface area contributed by atoms with Crippen LogP contribution < -0.4 is 20.1 Å². The molecule has 3 heterocycles. The summed E-state index contributed by atoms with van der Waals surface area (Å²) in [6, 6.07) is 11.2. The average Bonchev–Trinajstić information content (AvgIpc) is 2.96. The number of hydrogen-bond donors (Lipinski definition) is 4. The third-order valence-electron chi connectivity index (χ3n) is 6.35. The van der Waals surface area contributed by atoms with Crippen molar-refractivity contribution in [2.24, 2.45) is 0 Å². The van der Waals surface area contributed by atoms with Crippen LogP contribution in [0, 0.1) is 17.5 Å². The molecule has 13 heteroatoms. The first-order valence-electron chi connectivity index (χ1n) is 12.4. The lowest BCUT2D eigenvalue weighted by Gasteiger charge is -2.23. The normalized spacial score (nSPS) is 16.8. The van der Waals surface area contributed by atoms with E-state index in [1.165, 1.54) is 30.5 Å². The van der Waals surface area contributed by atoms with E-state index < -0.39 is 40.5 Å². The number of pyridine rings is 1. The summed E-state index contributed by atoms with van der Waals surface area (Å²) >= 11 is -2.58. The quantitative estimate of drug-likeness (QED) is 0.213. The number of piperidine rings is 1. The summed E-state index contributed by atoms with van der Waals surface area (Å²) in [6.45, 7) is 1.76. The first-order chi connectivity index (χ1) is 19.4. The van der Waals surface area contributed by atoms with E-state index in [4.69, 9.17) is 4.74 Å². The molecule has 2 aromatic carbocycles. The Hall–Kier alpha value is -3.91. The molecule has 1 aliphatic rings. The molecule has 4 N–H and O–H groups in total. The van der Waals surface area contributed by atoms with Crippen molar-refractivity contribution in [1.29, 1.82) is 0 Å². The van der Waals surface area contributed by atoms with Crippen LogP contribution in [0.25, 0.3) is 11.3 Å². The van der Waals surface area contributed by atoms with Crippen molar-refractivity contribution < 1.29 is 26.7 Å². The zero-order valence-corrected chi connectivity index (χ0v) is 21.8. The van der Waals surface area contributed by atoms with Gasteiger partial charge >= 0.3 is 0 Å². The average molecular weight is 571 g/mol. The number of ether oxygens (including phenoxy) is 1. The molecule has 0 saturated carbocycles. The van der Waals surface area contributed by atoms with Gasteiger partial charge in [0.1, 0.15) is 5.82 Å². The minimum Gasteiger partial charge on any atom is -0.435 e. The lowest BCUT2D eigenvalue weighted by atomic mass is 9.98. The molecule has 0 aliphatic carbocycles. The highest BCUT2D eigenvalue weighted by Crippen LogP contribution is 2.35. The van der Waals surface area contributed by atoms with Gasteiger partial charge in [-0.05, 0) is 61.3 Å². The molecule has 40 heavy (non-hydrogen) atoms. The fourth-order valence-electron chi connectivity index (χ4n) is 4.42. The molecule has 0 bridgehead atoms. The van der Waals surface area contributed by atoms with Crippen molar-refractivity contribution in [3.63, 3.8) is 0 Å². The van der Waals surface area contributed by atoms with Crippen LogP contribution in [0.1, 0.15) is 30.0 Å². The number of nitrogens with one attached hydrogen (secondary N) is 3. The van der Waals surface area contributed by atoms with Gasteiger partial charge in [-0.1, -0.05) is 18.2 Å². The van der Waals surface area contributed by atoms with Gasteiger partial charge in [0.05, 0.1) is 17.3 Å². The Morgan fingerprint density at radius 3 is 2.60 bits per heavy atom. The van der Waals surface area contributed by atoms with E-state index in [0.717, 1.165) is 38.1 Å². The third kappa shape index (κ3) is 6.45. The molecule has 0 amide bonds. The second kappa shape index (κ2) is 12.5. The number of nitrogens with zero attached hydrogens (tertiary/aromatic N) is 3. The minimum absolute atomic E-state index is 0.0118. The highest BCUT2D eigenvalue weighted by molar-refractivity contribution is 7.77. The maximum atomic E-state index is 15.3. The van der Waals surface area contributed by atoms with Crippen molar-refractivity contribution in [2.75, 3.05) is 18.4 Å². The summed E-state index contributed by atoms with van der Waals surface area (Å²) in [7, 11) is 0. The van der Waals surface area contributed by atoms with Crippen LogP contribution >= 0.6 is 0 Å². The number of anilines is 1. The number of rotatable bonds is 9. The first kappa shape index (κ1) is 27.6. The summed E-state index contributed by atoms with van der Waals surface area (Å²) in [4.78, 5) is 13.0. The lowest BCUT2D eigenvalue weighted by molar-refractivity contribution is 0.402. The van der Waals surface area contributed by atoms with E-state index in [9.17, 15) is 13.2 Å². The van der Waals surface area contributed by atoms with E-state index in [0.29, 0.717) is 17.2 Å². The molecule has 208 valence electrons. The maximum absolute atomic E-state index is 15.3. The molecule has 1 aliphatic heterocycles. The predicted octanol–water partition coefficient (Wildman–Crippen LogP) is 4.73. The number of aromatic nitrogens is 3. The van der Waals surface area contributed by atoms with E-state index in [-0.39, 0.29) is 23.0 Å². The van der Waals surface area contributed by atoms with Crippen LogP contribution in [0.5, 0.6) is 11.6 Å². The van der Waals surface area contributed by atoms with E-state index in [1.807, 2.05) is 0 Å². The Morgan fingerprint density at radius 1 is 1.02 bits per heavy atom. The van der Waals surface area contributed by atoms with Crippen molar-refractivity contribution in [1.82, 2.24) is 25.0 Å². The standard InChI is InChI=1S/C27H25F3N6O3S/c28-17-7-5-16(6-8-17)25(36-40(37)38)20-9-10-22(24(30)23(20)29)39-26-19(4-2-13-32-26)21-11-14-33-27(35-21)34-18-3-1-12-31-15-18/h2,4-11,13-14,18,25,31,36H,1,3,12,15H2,(H,37,38)(H,33,34,35)/t18-,25-/m0/s1. The predicted molar refractivity (Wildman–Crippen MR) is 143 cm³/mol. The smallest absolute Gasteiger partial charge is 0.232 e. The zero-order valence-electron chi connectivity index (χ0n) is 21.0. The molecule has 0 radical (unpaired) electrons. The van der Waals surface area contributed by atoms with E-state index in [2.05, 4.69) is 30.3 Å². The summed E-state index contributed by atoms with van der Waals surface area (Å²) in [5, 5.41) is 6.62. The van der Waals surface area contributed by atoms with Gasteiger partial charge in [-0.25, -0.2) is 32.7 Å². The Morgan fingerprint density at radius 2 is 1.85 bits per heavy atom. The van der Waals surface area contributed by atoms with Crippen LogP contribution in [-0.4, -0.2) is 42.8 Å². The number of hydrogen-bond acceptors (Lipinski definition) is 7. The molecule has 0 spiro atoms. The third-order valence-corrected chi connectivity index (χ3v) is 6.79. The molecule has 1 unspecified atom stereocenters. The van der Waals surface area contributed by atoms with Crippen molar-refractivity contribution >= 4 is 17.2 Å². The molecule has 9 nitrogen and oxygen atoms in total. The highest BCUT2D eigenvalue weighted by Gasteiger charge is 2.25. The zero-order chi connectivity index (χ0) is 28.1. The second-order valence-electron chi connectivity index (χ2n) is 9.04. The largest absolute Gasteiger partial charge is 0.435 e. The van der Waals surface area contributed by atoms with Gasteiger partial charge in [-0.15, -0.1) is 0 Å². The van der Waals surface area contributed by atoms with Crippen molar-refractivity contribution in [3.8, 4) is 22.9 Å².